The molecular weight excluding hydrogens is 276 g/mol. The average molecular weight is 300 g/mol. The minimum Gasteiger partial charge on any atom is -0.511 e. The smallest absolute Gasteiger partial charge is 0.177 e. The zero-order valence-corrected chi connectivity index (χ0v) is 13.3. The highest BCUT2D eigenvalue weighted by atomic mass is 16.5. The molecule has 2 unspecified atom stereocenters. The maximum absolute atomic E-state index is 12.5. The van der Waals surface area contributed by atoms with Gasteiger partial charge in [-0.25, -0.2) is 0 Å². The molecule has 0 heterocycles. The summed E-state index contributed by atoms with van der Waals surface area (Å²) in [6.45, 7) is 4.63. The number of Topliss-reactive ketones (excluding diaryl/α,β-unsaturated/α-hetero) is 1. The molecular formula is C19H24O3. The van der Waals surface area contributed by atoms with E-state index in [4.69, 9.17) is 4.74 Å². The molecule has 0 amide bonds. The molecule has 118 valence electrons. The second-order valence-corrected chi connectivity index (χ2v) is 5.63. The van der Waals surface area contributed by atoms with Gasteiger partial charge in [-0.2, -0.15) is 0 Å². The van der Waals surface area contributed by atoms with Crippen LogP contribution in [0.2, 0.25) is 0 Å². The van der Waals surface area contributed by atoms with Crippen molar-refractivity contribution in [3.05, 3.63) is 59.9 Å². The van der Waals surface area contributed by atoms with E-state index < -0.39 is 11.5 Å². The Morgan fingerprint density at radius 2 is 2.00 bits per heavy atom. The van der Waals surface area contributed by atoms with Crippen molar-refractivity contribution >= 4 is 5.78 Å². The van der Waals surface area contributed by atoms with Crippen molar-refractivity contribution in [3.8, 4) is 0 Å². The largest absolute Gasteiger partial charge is 0.511 e. The van der Waals surface area contributed by atoms with Crippen molar-refractivity contribution in [2.45, 2.75) is 38.7 Å². The van der Waals surface area contributed by atoms with Gasteiger partial charge >= 0.3 is 0 Å². The van der Waals surface area contributed by atoms with Crippen LogP contribution in [0.5, 0.6) is 0 Å². The molecule has 0 radical (unpaired) electrons. The molecule has 1 N–H and O–H groups in total. The molecule has 3 nitrogen and oxygen atoms in total. The highest BCUT2D eigenvalue weighted by Gasteiger charge is 2.33. The molecule has 2 atom stereocenters. The number of aliphatic hydroxyl groups excluding tert-OH is 1. The molecule has 2 rings (SSSR count). The van der Waals surface area contributed by atoms with Crippen LogP contribution in [0.3, 0.4) is 0 Å². The predicted octanol–water partition coefficient (Wildman–Crippen LogP) is 4.46. The Bertz CT molecular complexity index is 559. The van der Waals surface area contributed by atoms with Gasteiger partial charge in [0.25, 0.3) is 0 Å². The lowest BCUT2D eigenvalue weighted by Crippen LogP contribution is -2.33. The quantitative estimate of drug-likeness (QED) is 0.597. The number of unbranched alkanes of at least 4 members (excludes halogenated alkanes) is 1. The fourth-order valence-electron chi connectivity index (χ4n) is 2.79. The van der Waals surface area contributed by atoms with Gasteiger partial charge in [0.05, 0.1) is 5.92 Å². The maximum Gasteiger partial charge on any atom is 0.177 e. The summed E-state index contributed by atoms with van der Waals surface area (Å²) >= 11 is 0. The van der Waals surface area contributed by atoms with Gasteiger partial charge in [0, 0.05) is 12.2 Å². The van der Waals surface area contributed by atoms with E-state index in [1.807, 2.05) is 31.2 Å². The normalized spacial score (nSPS) is 24.1. The van der Waals surface area contributed by atoms with Crippen LogP contribution in [-0.2, 0) is 4.74 Å². The van der Waals surface area contributed by atoms with Gasteiger partial charge in [0.15, 0.2) is 5.78 Å². The van der Waals surface area contributed by atoms with Gasteiger partial charge in [-0.3, -0.25) is 4.79 Å². The van der Waals surface area contributed by atoms with Crippen molar-refractivity contribution in [1.82, 2.24) is 0 Å². The first-order valence-corrected chi connectivity index (χ1v) is 7.96. The number of ketones is 1. The summed E-state index contributed by atoms with van der Waals surface area (Å²) in [5.74, 6) is -0.621. The van der Waals surface area contributed by atoms with Crippen molar-refractivity contribution in [3.63, 3.8) is 0 Å². The zero-order valence-electron chi connectivity index (χ0n) is 13.3. The monoisotopic (exact) mass is 300 g/mol. The Morgan fingerprint density at radius 1 is 1.27 bits per heavy atom. The third-order valence-electron chi connectivity index (χ3n) is 3.96. The van der Waals surface area contributed by atoms with Crippen LogP contribution in [0.15, 0.2) is 54.3 Å². The standard InChI is InChI=1S/C19H24O3/c1-3-5-12-19(22-4-2)13-11-16(17(20)14-19)18(21)15-9-7-6-8-10-15/h6-11,13-14,16,20H,3-5,12H2,1-2H3. The molecule has 0 saturated heterocycles. The first-order chi connectivity index (χ1) is 10.6. The third kappa shape index (κ3) is 3.66. The fraction of sp³-hybridized carbons (Fsp3) is 0.421. The number of hydrogen-bond donors (Lipinski definition) is 1. The van der Waals surface area contributed by atoms with Gasteiger partial charge in [-0.15, -0.1) is 0 Å². The van der Waals surface area contributed by atoms with Gasteiger partial charge < -0.3 is 9.84 Å². The minimum absolute atomic E-state index is 0.0842. The molecule has 0 bridgehead atoms. The second kappa shape index (κ2) is 7.41. The molecule has 0 spiro atoms. The van der Waals surface area contributed by atoms with Crippen LogP contribution in [0.4, 0.5) is 0 Å². The molecule has 1 aromatic carbocycles. The SMILES string of the molecule is CCCCC1(OCC)C=CC(C(=O)c2ccccc2)C(O)=C1. The van der Waals surface area contributed by atoms with Crippen LogP contribution in [0.25, 0.3) is 0 Å². The zero-order chi connectivity index (χ0) is 16.0. The number of carbonyl (C=O) groups excluding carboxylic acids is 1. The topological polar surface area (TPSA) is 46.5 Å². The lowest BCUT2D eigenvalue weighted by atomic mass is 9.84. The lowest BCUT2D eigenvalue weighted by molar-refractivity contribution is 0.0232. The molecule has 1 aromatic rings. The minimum atomic E-state index is -0.613. The highest BCUT2D eigenvalue weighted by molar-refractivity contribution is 6.00. The molecule has 1 aliphatic carbocycles. The van der Waals surface area contributed by atoms with Crippen LogP contribution in [0.1, 0.15) is 43.5 Å². The molecule has 0 saturated carbocycles. The van der Waals surface area contributed by atoms with E-state index in [0.717, 1.165) is 19.3 Å². The number of allylic oxidation sites excluding steroid dienone is 1. The van der Waals surface area contributed by atoms with Crippen LogP contribution in [0, 0.1) is 5.92 Å². The fourth-order valence-corrected chi connectivity index (χ4v) is 2.79. The van der Waals surface area contributed by atoms with E-state index in [2.05, 4.69) is 6.92 Å². The second-order valence-electron chi connectivity index (χ2n) is 5.63. The van der Waals surface area contributed by atoms with Crippen molar-refractivity contribution < 1.29 is 14.6 Å². The summed E-state index contributed by atoms with van der Waals surface area (Å²) in [4.78, 5) is 12.5. The number of rotatable bonds is 7. The van der Waals surface area contributed by atoms with Crippen LogP contribution >= 0.6 is 0 Å². The van der Waals surface area contributed by atoms with E-state index in [0.29, 0.717) is 12.2 Å². The number of ether oxygens (including phenoxy) is 1. The lowest BCUT2D eigenvalue weighted by Gasteiger charge is -2.32. The number of hydrogen-bond acceptors (Lipinski definition) is 3. The average Bonchev–Trinajstić information content (AvgIpc) is 2.54. The Labute approximate surface area is 132 Å². The van der Waals surface area contributed by atoms with E-state index >= 15 is 0 Å². The summed E-state index contributed by atoms with van der Waals surface area (Å²) in [6.07, 6.45) is 8.28. The van der Waals surface area contributed by atoms with Crippen LogP contribution < -0.4 is 0 Å². The van der Waals surface area contributed by atoms with Crippen molar-refractivity contribution in [2.75, 3.05) is 6.61 Å². The summed E-state index contributed by atoms with van der Waals surface area (Å²) < 4.78 is 5.84. The number of carbonyl (C=O) groups is 1. The molecule has 1 aliphatic rings. The van der Waals surface area contributed by atoms with Gasteiger partial charge in [-0.05, 0) is 19.4 Å². The first kappa shape index (κ1) is 16.5. The Hall–Kier alpha value is -1.87. The highest BCUT2D eigenvalue weighted by Crippen LogP contribution is 2.32. The Kier molecular flexibility index (Phi) is 5.56. The van der Waals surface area contributed by atoms with Crippen molar-refractivity contribution in [2.24, 2.45) is 5.92 Å². The number of aliphatic hydroxyl groups is 1. The van der Waals surface area contributed by atoms with Crippen molar-refractivity contribution in [1.29, 1.82) is 0 Å². The van der Waals surface area contributed by atoms with Crippen LogP contribution in [-0.4, -0.2) is 23.1 Å². The van der Waals surface area contributed by atoms with Gasteiger partial charge in [0.1, 0.15) is 11.4 Å². The van der Waals surface area contributed by atoms with E-state index in [1.165, 1.54) is 0 Å². The Morgan fingerprint density at radius 3 is 2.59 bits per heavy atom. The molecule has 3 heteroatoms. The number of benzene rings is 1. The summed E-state index contributed by atoms with van der Waals surface area (Å²) in [7, 11) is 0. The summed E-state index contributed by atoms with van der Waals surface area (Å²) in [6, 6.07) is 9.06. The van der Waals surface area contributed by atoms with E-state index in [9.17, 15) is 9.90 Å². The van der Waals surface area contributed by atoms with Gasteiger partial charge in [-0.1, -0.05) is 62.2 Å². The summed E-state index contributed by atoms with van der Waals surface area (Å²) in [5, 5.41) is 10.4. The maximum atomic E-state index is 12.5. The molecule has 0 aromatic heterocycles. The first-order valence-electron chi connectivity index (χ1n) is 7.96. The van der Waals surface area contributed by atoms with E-state index in [-0.39, 0.29) is 11.5 Å². The molecule has 0 fully saturated rings. The van der Waals surface area contributed by atoms with Gasteiger partial charge in [0.2, 0.25) is 0 Å². The third-order valence-corrected chi connectivity index (χ3v) is 3.96. The summed E-state index contributed by atoms with van der Waals surface area (Å²) in [5.41, 5.74) is 0.0250. The Balaban J connectivity index is 2.21. The molecule has 22 heavy (non-hydrogen) atoms. The van der Waals surface area contributed by atoms with E-state index in [1.54, 1.807) is 24.3 Å². The predicted molar refractivity (Wildman–Crippen MR) is 88.0 cm³/mol. The molecule has 0 aliphatic heterocycles.